The lowest BCUT2D eigenvalue weighted by Gasteiger charge is -2.32. The van der Waals surface area contributed by atoms with Gasteiger partial charge in [-0.3, -0.25) is 9.59 Å². The minimum atomic E-state index is -1.64. The van der Waals surface area contributed by atoms with Crippen LogP contribution < -0.4 is 15.4 Å². The number of pyridine rings is 1. The number of ether oxygens (including phenoxy) is 1. The molecule has 0 bridgehead atoms. The van der Waals surface area contributed by atoms with E-state index in [2.05, 4.69) is 31.5 Å². The lowest BCUT2D eigenvalue weighted by atomic mass is 10.0. The highest BCUT2D eigenvalue weighted by atomic mass is 79.9. The van der Waals surface area contributed by atoms with Gasteiger partial charge in [0.2, 0.25) is 0 Å². The Balaban J connectivity index is 1.75. The molecule has 0 saturated carbocycles. The summed E-state index contributed by atoms with van der Waals surface area (Å²) < 4.78 is 6.53. The summed E-state index contributed by atoms with van der Waals surface area (Å²) in [5, 5.41) is 5.33. The number of benzene rings is 1. The summed E-state index contributed by atoms with van der Waals surface area (Å²) in [6, 6.07) is 10.9. The Bertz CT molecular complexity index is 781. The molecule has 2 N–H and O–H groups in total. The number of anilines is 1. The van der Waals surface area contributed by atoms with Gasteiger partial charge in [0, 0.05) is 17.2 Å². The average Bonchev–Trinajstić information content (AvgIpc) is 2.53. The van der Waals surface area contributed by atoms with Crippen molar-refractivity contribution < 1.29 is 14.3 Å². The molecule has 0 radical (unpaired) electrons. The standard InChI is InChI=1S/C16H14BrN3O3/c1-16(14(21)19-9-10-4-2-5-11(17)8-10)15(22)20-13-12(23-16)6-3-7-18-13/h2-8H,9H2,1H3,(H,19,21)(H,18,20,22)/t16-/m1/s1. The predicted molar refractivity (Wildman–Crippen MR) is 87.9 cm³/mol. The first kappa shape index (κ1) is 15.5. The van der Waals surface area contributed by atoms with Crippen LogP contribution in [-0.2, 0) is 16.1 Å². The third-order valence-corrected chi connectivity index (χ3v) is 4.02. The summed E-state index contributed by atoms with van der Waals surface area (Å²) in [6.45, 7) is 1.74. The van der Waals surface area contributed by atoms with Gasteiger partial charge in [0.25, 0.3) is 17.4 Å². The molecule has 23 heavy (non-hydrogen) atoms. The molecule has 0 saturated heterocycles. The third kappa shape index (κ3) is 3.05. The van der Waals surface area contributed by atoms with Crippen molar-refractivity contribution in [1.82, 2.24) is 10.3 Å². The van der Waals surface area contributed by atoms with Gasteiger partial charge in [-0.2, -0.15) is 0 Å². The van der Waals surface area contributed by atoms with Gasteiger partial charge in [-0.05, 0) is 36.8 Å². The van der Waals surface area contributed by atoms with E-state index in [4.69, 9.17) is 4.74 Å². The quantitative estimate of drug-likeness (QED) is 0.806. The molecule has 1 aromatic carbocycles. The first-order chi connectivity index (χ1) is 11.0. The summed E-state index contributed by atoms with van der Waals surface area (Å²) in [4.78, 5) is 28.7. The van der Waals surface area contributed by atoms with Gasteiger partial charge in [0.05, 0.1) is 0 Å². The number of fused-ring (bicyclic) bond motifs is 1. The van der Waals surface area contributed by atoms with E-state index < -0.39 is 17.4 Å². The van der Waals surface area contributed by atoms with Crippen molar-refractivity contribution in [1.29, 1.82) is 0 Å². The smallest absolute Gasteiger partial charge is 0.279 e. The number of amides is 2. The van der Waals surface area contributed by atoms with Crippen LogP contribution in [0.1, 0.15) is 12.5 Å². The van der Waals surface area contributed by atoms with Crippen LogP contribution in [0, 0.1) is 0 Å². The molecular weight excluding hydrogens is 362 g/mol. The molecule has 1 atom stereocenters. The average molecular weight is 376 g/mol. The number of hydrogen-bond donors (Lipinski definition) is 2. The lowest BCUT2D eigenvalue weighted by Crippen LogP contribution is -2.58. The fraction of sp³-hybridized carbons (Fsp3) is 0.188. The van der Waals surface area contributed by atoms with E-state index in [1.165, 1.54) is 6.92 Å². The van der Waals surface area contributed by atoms with Gasteiger partial charge in [-0.15, -0.1) is 0 Å². The fourth-order valence-corrected chi connectivity index (χ4v) is 2.65. The van der Waals surface area contributed by atoms with E-state index in [0.717, 1.165) is 10.0 Å². The zero-order chi connectivity index (χ0) is 16.4. The van der Waals surface area contributed by atoms with Crippen molar-refractivity contribution >= 4 is 33.6 Å². The number of carbonyl (C=O) groups excluding carboxylic acids is 2. The number of rotatable bonds is 3. The third-order valence-electron chi connectivity index (χ3n) is 3.53. The number of nitrogens with one attached hydrogen (secondary N) is 2. The Morgan fingerprint density at radius 3 is 3.00 bits per heavy atom. The highest BCUT2D eigenvalue weighted by molar-refractivity contribution is 9.10. The normalized spacial score (nSPS) is 19.3. The van der Waals surface area contributed by atoms with Crippen molar-refractivity contribution in [3.63, 3.8) is 0 Å². The summed E-state index contributed by atoms with van der Waals surface area (Å²) in [5.41, 5.74) is -0.725. The van der Waals surface area contributed by atoms with E-state index in [1.807, 2.05) is 24.3 Å². The van der Waals surface area contributed by atoms with Crippen molar-refractivity contribution in [3.8, 4) is 5.75 Å². The van der Waals surface area contributed by atoms with Crippen molar-refractivity contribution in [3.05, 3.63) is 52.6 Å². The second kappa shape index (κ2) is 6.00. The first-order valence-corrected chi connectivity index (χ1v) is 7.76. The molecule has 1 aliphatic heterocycles. The highest BCUT2D eigenvalue weighted by Crippen LogP contribution is 2.31. The molecule has 1 aliphatic rings. The van der Waals surface area contributed by atoms with E-state index in [1.54, 1.807) is 18.3 Å². The summed E-state index contributed by atoms with van der Waals surface area (Å²) in [5.74, 6) is -0.373. The highest BCUT2D eigenvalue weighted by Gasteiger charge is 2.47. The number of aromatic nitrogens is 1. The molecule has 2 amide bonds. The summed E-state index contributed by atoms with van der Waals surface area (Å²) >= 11 is 3.38. The Morgan fingerprint density at radius 1 is 1.39 bits per heavy atom. The first-order valence-electron chi connectivity index (χ1n) is 6.97. The van der Waals surface area contributed by atoms with Crippen LogP contribution in [0.5, 0.6) is 5.75 Å². The summed E-state index contributed by atoms with van der Waals surface area (Å²) in [7, 11) is 0. The van der Waals surface area contributed by atoms with Crippen molar-refractivity contribution in [2.24, 2.45) is 0 Å². The topological polar surface area (TPSA) is 80.3 Å². The number of nitrogens with zero attached hydrogens (tertiary/aromatic N) is 1. The van der Waals surface area contributed by atoms with Crippen molar-refractivity contribution in [2.75, 3.05) is 5.32 Å². The second-order valence-corrected chi connectivity index (χ2v) is 6.17. The molecule has 3 rings (SSSR count). The van der Waals surface area contributed by atoms with E-state index >= 15 is 0 Å². The SMILES string of the molecule is C[C@]1(C(=O)NCc2cccc(Br)c2)Oc2cccnc2NC1=O. The monoisotopic (exact) mass is 375 g/mol. The van der Waals surface area contributed by atoms with Gasteiger partial charge < -0.3 is 15.4 Å². The van der Waals surface area contributed by atoms with Crippen LogP contribution in [0.2, 0.25) is 0 Å². The Labute approximate surface area is 141 Å². The van der Waals surface area contributed by atoms with Crippen LogP contribution in [0.15, 0.2) is 47.1 Å². The molecular formula is C16H14BrN3O3. The van der Waals surface area contributed by atoms with E-state index in [0.29, 0.717) is 18.1 Å². The minimum Gasteiger partial charge on any atom is -0.464 e. The Kier molecular flexibility index (Phi) is 4.04. The van der Waals surface area contributed by atoms with Gasteiger partial charge in [-0.1, -0.05) is 28.1 Å². The maximum Gasteiger partial charge on any atom is 0.279 e. The molecule has 7 heteroatoms. The van der Waals surface area contributed by atoms with Gasteiger partial charge in [-0.25, -0.2) is 4.98 Å². The molecule has 0 fully saturated rings. The zero-order valence-electron chi connectivity index (χ0n) is 12.3. The van der Waals surface area contributed by atoms with Crippen LogP contribution in [-0.4, -0.2) is 22.4 Å². The van der Waals surface area contributed by atoms with Crippen molar-refractivity contribution in [2.45, 2.75) is 19.1 Å². The number of halogens is 1. The molecule has 0 unspecified atom stereocenters. The maximum atomic E-state index is 12.5. The molecule has 1 aromatic heterocycles. The molecule has 2 heterocycles. The molecule has 2 aromatic rings. The molecule has 6 nitrogen and oxygen atoms in total. The van der Waals surface area contributed by atoms with Gasteiger partial charge in [0.1, 0.15) is 0 Å². The molecule has 118 valence electrons. The summed E-state index contributed by atoms with van der Waals surface area (Å²) in [6.07, 6.45) is 1.54. The van der Waals surface area contributed by atoms with Gasteiger partial charge >= 0.3 is 0 Å². The largest absolute Gasteiger partial charge is 0.464 e. The second-order valence-electron chi connectivity index (χ2n) is 5.25. The zero-order valence-corrected chi connectivity index (χ0v) is 13.9. The van der Waals surface area contributed by atoms with Crippen LogP contribution >= 0.6 is 15.9 Å². The van der Waals surface area contributed by atoms with Crippen LogP contribution in [0.4, 0.5) is 5.82 Å². The van der Waals surface area contributed by atoms with E-state index in [-0.39, 0.29) is 0 Å². The van der Waals surface area contributed by atoms with Crippen LogP contribution in [0.3, 0.4) is 0 Å². The Morgan fingerprint density at radius 2 is 2.22 bits per heavy atom. The Hall–Kier alpha value is -2.41. The fourth-order valence-electron chi connectivity index (χ4n) is 2.21. The van der Waals surface area contributed by atoms with Crippen LogP contribution in [0.25, 0.3) is 0 Å². The predicted octanol–water partition coefficient (Wildman–Crippen LogP) is 2.25. The minimum absolute atomic E-state index is 0.296. The van der Waals surface area contributed by atoms with E-state index in [9.17, 15) is 9.59 Å². The molecule has 0 spiro atoms. The number of carbonyl (C=O) groups is 2. The molecule has 0 aliphatic carbocycles. The number of hydrogen-bond acceptors (Lipinski definition) is 4. The lowest BCUT2D eigenvalue weighted by molar-refractivity contribution is -0.146. The maximum absolute atomic E-state index is 12.5. The van der Waals surface area contributed by atoms with Gasteiger partial charge in [0.15, 0.2) is 11.6 Å².